The van der Waals surface area contributed by atoms with Crippen LogP contribution in [0.2, 0.25) is 0 Å². The first-order valence-corrected chi connectivity index (χ1v) is 5.39. The van der Waals surface area contributed by atoms with Gasteiger partial charge in [0.1, 0.15) is 0 Å². The van der Waals surface area contributed by atoms with Crippen LogP contribution in [0.25, 0.3) is 0 Å². The average molecular weight is 276 g/mol. The number of hydrogen-bond donors (Lipinski definition) is 1. The lowest BCUT2D eigenvalue weighted by Crippen LogP contribution is -2.47. The van der Waals surface area contributed by atoms with Crippen molar-refractivity contribution in [2.24, 2.45) is 0 Å². The zero-order chi connectivity index (χ0) is 15.0. The highest BCUT2D eigenvalue weighted by molar-refractivity contribution is 5.72. The Morgan fingerprint density at radius 1 is 1.00 bits per heavy atom. The first-order chi connectivity index (χ1) is 8.81. The van der Waals surface area contributed by atoms with Gasteiger partial charge in [0.2, 0.25) is 0 Å². The summed E-state index contributed by atoms with van der Waals surface area (Å²) >= 11 is 0. The van der Waals surface area contributed by atoms with Crippen molar-refractivity contribution < 1.29 is 38.5 Å². The van der Waals surface area contributed by atoms with E-state index in [0.29, 0.717) is 0 Å². The Bertz CT molecular complexity index is 351. The van der Waals surface area contributed by atoms with Crippen molar-refractivity contribution in [2.75, 3.05) is 6.61 Å². The molecule has 0 amide bonds. The molecular formula is C11H16O8. The van der Waals surface area contributed by atoms with E-state index in [2.05, 4.69) is 4.74 Å². The number of esters is 3. The van der Waals surface area contributed by atoms with Crippen LogP contribution >= 0.6 is 0 Å². The summed E-state index contributed by atoms with van der Waals surface area (Å²) in [6.45, 7) is 2.49. The van der Waals surface area contributed by atoms with Crippen molar-refractivity contribution in [1.82, 2.24) is 0 Å². The van der Waals surface area contributed by atoms with Crippen molar-refractivity contribution in [2.45, 2.75) is 39.1 Å². The monoisotopic (exact) mass is 276 g/mol. The molecule has 0 spiro atoms. The van der Waals surface area contributed by atoms with Crippen LogP contribution in [-0.2, 0) is 33.4 Å². The summed E-state index contributed by atoms with van der Waals surface area (Å²) in [5.74, 6) is -2.31. The van der Waals surface area contributed by atoms with Gasteiger partial charge in [-0.2, -0.15) is 0 Å². The standard InChI is InChI=1S/C11H16O8/c1-6(14)17-9(4-12)11(19-8(3)16)10(5-13)18-7(2)15/h4,9-11,13H,5H2,1-3H3/t9-,10+,11+/m1/s1. The minimum Gasteiger partial charge on any atom is -0.456 e. The van der Waals surface area contributed by atoms with Gasteiger partial charge in [0, 0.05) is 20.8 Å². The highest BCUT2D eigenvalue weighted by atomic mass is 16.6. The second-order valence-electron chi connectivity index (χ2n) is 3.61. The zero-order valence-electron chi connectivity index (χ0n) is 10.8. The SMILES string of the molecule is CC(=O)O[C@H]([C@H](CO)OC(C)=O)[C@@H](C=O)OC(C)=O. The molecule has 108 valence electrons. The van der Waals surface area contributed by atoms with Gasteiger partial charge in [-0.3, -0.25) is 19.2 Å². The summed E-state index contributed by atoms with van der Waals surface area (Å²) in [6.07, 6.45) is -3.97. The molecule has 1 N–H and O–H groups in total. The number of aliphatic hydroxyl groups is 1. The topological polar surface area (TPSA) is 116 Å². The van der Waals surface area contributed by atoms with Gasteiger partial charge in [-0.15, -0.1) is 0 Å². The molecule has 3 atom stereocenters. The van der Waals surface area contributed by atoms with E-state index in [1.54, 1.807) is 0 Å². The molecule has 0 unspecified atom stereocenters. The van der Waals surface area contributed by atoms with Gasteiger partial charge < -0.3 is 19.3 Å². The number of aldehydes is 1. The molecule has 0 aliphatic carbocycles. The maximum Gasteiger partial charge on any atom is 0.303 e. The second-order valence-corrected chi connectivity index (χ2v) is 3.61. The van der Waals surface area contributed by atoms with E-state index in [1.807, 2.05) is 0 Å². The molecule has 0 aromatic rings. The molecule has 19 heavy (non-hydrogen) atoms. The van der Waals surface area contributed by atoms with E-state index in [9.17, 15) is 19.2 Å². The predicted molar refractivity (Wildman–Crippen MR) is 59.8 cm³/mol. The third kappa shape index (κ3) is 6.51. The van der Waals surface area contributed by atoms with Crippen molar-refractivity contribution in [3.05, 3.63) is 0 Å². The normalized spacial score (nSPS) is 14.7. The molecule has 8 heteroatoms. The molecule has 0 fully saturated rings. The highest BCUT2D eigenvalue weighted by Crippen LogP contribution is 2.12. The van der Waals surface area contributed by atoms with Crippen LogP contribution in [0.15, 0.2) is 0 Å². The van der Waals surface area contributed by atoms with E-state index in [0.717, 1.165) is 20.8 Å². The Morgan fingerprint density at radius 3 is 1.79 bits per heavy atom. The second kappa shape index (κ2) is 8.20. The number of hydrogen-bond acceptors (Lipinski definition) is 8. The van der Waals surface area contributed by atoms with Crippen LogP contribution in [0.3, 0.4) is 0 Å². The molecule has 0 aromatic heterocycles. The van der Waals surface area contributed by atoms with Gasteiger partial charge >= 0.3 is 17.9 Å². The van der Waals surface area contributed by atoms with E-state index in [4.69, 9.17) is 14.6 Å². The number of carbonyl (C=O) groups is 4. The maximum atomic E-state index is 11.0. The van der Waals surface area contributed by atoms with Crippen molar-refractivity contribution in [3.8, 4) is 0 Å². The Kier molecular flexibility index (Phi) is 7.35. The molecule has 0 aliphatic rings. The van der Waals surface area contributed by atoms with Crippen LogP contribution in [0.1, 0.15) is 20.8 Å². The number of rotatable bonds is 7. The third-order valence-corrected chi connectivity index (χ3v) is 1.93. The van der Waals surface area contributed by atoms with Crippen molar-refractivity contribution >= 4 is 24.2 Å². The summed E-state index contributed by atoms with van der Waals surface area (Å²) in [5.41, 5.74) is 0. The van der Waals surface area contributed by atoms with E-state index in [1.165, 1.54) is 0 Å². The molecule has 0 rings (SSSR count). The van der Waals surface area contributed by atoms with Crippen LogP contribution in [0, 0.1) is 0 Å². The molecule has 0 saturated carbocycles. The lowest BCUT2D eigenvalue weighted by Gasteiger charge is -2.28. The summed E-state index contributed by atoms with van der Waals surface area (Å²) in [6, 6.07) is 0. The predicted octanol–water partition coefficient (Wildman–Crippen LogP) is -1.03. The molecule has 0 aliphatic heterocycles. The number of ether oxygens (including phenoxy) is 3. The quantitative estimate of drug-likeness (QED) is 0.356. The first kappa shape index (κ1) is 17.0. The van der Waals surface area contributed by atoms with Crippen molar-refractivity contribution in [1.29, 1.82) is 0 Å². The van der Waals surface area contributed by atoms with Crippen LogP contribution < -0.4 is 0 Å². The fraction of sp³-hybridized carbons (Fsp3) is 0.636. The largest absolute Gasteiger partial charge is 0.456 e. The van der Waals surface area contributed by atoms with E-state index < -0.39 is 42.8 Å². The Labute approximate surface area is 109 Å². The smallest absolute Gasteiger partial charge is 0.303 e. The third-order valence-electron chi connectivity index (χ3n) is 1.93. The van der Waals surface area contributed by atoms with Gasteiger partial charge in [-0.05, 0) is 0 Å². The first-order valence-electron chi connectivity index (χ1n) is 5.39. The summed E-state index contributed by atoms with van der Waals surface area (Å²) < 4.78 is 14.1. The Hall–Kier alpha value is -1.96. The van der Waals surface area contributed by atoms with Gasteiger partial charge in [0.05, 0.1) is 6.61 Å². The molecular weight excluding hydrogens is 260 g/mol. The molecule has 0 bridgehead atoms. The zero-order valence-corrected chi connectivity index (χ0v) is 10.8. The minimum atomic E-state index is -1.47. The van der Waals surface area contributed by atoms with Crippen LogP contribution in [-0.4, -0.2) is 54.2 Å². The molecule has 8 nitrogen and oxygen atoms in total. The lowest BCUT2D eigenvalue weighted by molar-refractivity contribution is -0.185. The van der Waals surface area contributed by atoms with E-state index >= 15 is 0 Å². The van der Waals surface area contributed by atoms with Gasteiger partial charge in [0.15, 0.2) is 24.6 Å². The van der Waals surface area contributed by atoms with Gasteiger partial charge in [-0.1, -0.05) is 0 Å². The van der Waals surface area contributed by atoms with Gasteiger partial charge in [-0.25, -0.2) is 0 Å². The lowest BCUT2D eigenvalue weighted by atomic mass is 10.1. The Morgan fingerprint density at radius 2 is 1.47 bits per heavy atom. The fourth-order valence-electron chi connectivity index (χ4n) is 1.33. The van der Waals surface area contributed by atoms with Crippen LogP contribution in [0.5, 0.6) is 0 Å². The number of aliphatic hydroxyl groups excluding tert-OH is 1. The maximum absolute atomic E-state index is 11.0. The minimum absolute atomic E-state index is 0.223. The summed E-state index contributed by atoms with van der Waals surface area (Å²) in [5, 5.41) is 9.11. The fourth-order valence-corrected chi connectivity index (χ4v) is 1.33. The van der Waals surface area contributed by atoms with Crippen LogP contribution in [0.4, 0.5) is 0 Å². The Balaban J connectivity index is 5.11. The van der Waals surface area contributed by atoms with E-state index in [-0.39, 0.29) is 6.29 Å². The molecule has 0 radical (unpaired) electrons. The highest BCUT2D eigenvalue weighted by Gasteiger charge is 2.36. The van der Waals surface area contributed by atoms with Crippen molar-refractivity contribution in [3.63, 3.8) is 0 Å². The molecule has 0 heterocycles. The molecule has 0 aromatic carbocycles. The average Bonchev–Trinajstić information content (AvgIpc) is 2.29. The summed E-state index contributed by atoms with van der Waals surface area (Å²) in [4.78, 5) is 43.6. The number of carbonyl (C=O) groups excluding carboxylic acids is 4. The summed E-state index contributed by atoms with van der Waals surface area (Å²) in [7, 11) is 0. The molecule has 0 saturated heterocycles. The van der Waals surface area contributed by atoms with Gasteiger partial charge in [0.25, 0.3) is 0 Å².